The molecule has 0 aromatic heterocycles. The van der Waals surface area contributed by atoms with Crippen molar-refractivity contribution in [1.29, 1.82) is 0 Å². The predicted molar refractivity (Wildman–Crippen MR) is 76.6 cm³/mol. The van der Waals surface area contributed by atoms with Crippen LogP contribution in [0, 0.1) is 3.57 Å². The van der Waals surface area contributed by atoms with E-state index in [0.29, 0.717) is 5.38 Å². The maximum absolute atomic E-state index is 6.17. The molecule has 1 unspecified atom stereocenters. The van der Waals surface area contributed by atoms with Crippen molar-refractivity contribution in [2.75, 3.05) is 0 Å². The zero-order chi connectivity index (χ0) is 11.1. The van der Waals surface area contributed by atoms with Crippen LogP contribution in [-0.4, -0.2) is 5.38 Å². The Morgan fingerprint density at radius 2 is 1.87 bits per heavy atom. The molecule has 1 aromatic carbocycles. The fraction of sp³-hybridized carbons (Fsp3) is 0.538. The minimum absolute atomic E-state index is 0.374. The smallest absolute Gasteiger partial charge is 0.0336 e. The fourth-order valence-corrected chi connectivity index (χ4v) is 2.37. The van der Waals surface area contributed by atoms with Gasteiger partial charge in [-0.1, -0.05) is 25.5 Å². The number of rotatable bonds is 6. The topological polar surface area (TPSA) is 0 Å². The second-order valence-electron chi connectivity index (χ2n) is 3.90. The van der Waals surface area contributed by atoms with Crippen LogP contribution in [-0.2, 0) is 6.42 Å². The molecule has 1 rings (SSSR count). The first-order valence-corrected chi connectivity index (χ1v) is 7.12. The van der Waals surface area contributed by atoms with Gasteiger partial charge < -0.3 is 0 Å². The van der Waals surface area contributed by atoms with E-state index in [-0.39, 0.29) is 0 Å². The molecule has 1 aromatic rings. The van der Waals surface area contributed by atoms with E-state index in [1.54, 1.807) is 0 Å². The molecule has 0 bridgehead atoms. The molecule has 0 radical (unpaired) electrons. The molecular formula is C13H18ClI. The van der Waals surface area contributed by atoms with Gasteiger partial charge in [0.2, 0.25) is 0 Å². The van der Waals surface area contributed by atoms with Crippen molar-refractivity contribution in [3.8, 4) is 0 Å². The van der Waals surface area contributed by atoms with E-state index in [1.807, 2.05) is 0 Å². The predicted octanol–water partition coefficient (Wildman–Crippen LogP) is 5.02. The molecule has 2 heteroatoms. The first-order valence-electron chi connectivity index (χ1n) is 5.61. The maximum Gasteiger partial charge on any atom is 0.0336 e. The van der Waals surface area contributed by atoms with E-state index >= 15 is 0 Å². The number of alkyl halides is 1. The van der Waals surface area contributed by atoms with Crippen LogP contribution in [0.2, 0.25) is 0 Å². The van der Waals surface area contributed by atoms with Crippen LogP contribution in [0.4, 0.5) is 0 Å². The maximum atomic E-state index is 6.17. The molecule has 84 valence electrons. The zero-order valence-electron chi connectivity index (χ0n) is 9.18. The summed E-state index contributed by atoms with van der Waals surface area (Å²) < 4.78 is 1.30. The van der Waals surface area contributed by atoms with Crippen LogP contribution in [0.15, 0.2) is 24.3 Å². The number of halogens is 2. The Morgan fingerprint density at radius 3 is 2.47 bits per heavy atom. The van der Waals surface area contributed by atoms with Crippen molar-refractivity contribution in [1.82, 2.24) is 0 Å². The fourth-order valence-electron chi connectivity index (χ4n) is 1.64. The van der Waals surface area contributed by atoms with Crippen molar-refractivity contribution in [3.63, 3.8) is 0 Å². The van der Waals surface area contributed by atoms with Crippen LogP contribution in [0.5, 0.6) is 0 Å². The van der Waals surface area contributed by atoms with Gasteiger partial charge in [0.15, 0.2) is 0 Å². The highest BCUT2D eigenvalue weighted by atomic mass is 127. The number of hydrogen-bond donors (Lipinski definition) is 0. The Kier molecular flexibility index (Phi) is 6.66. The highest BCUT2D eigenvalue weighted by Crippen LogP contribution is 2.15. The highest BCUT2D eigenvalue weighted by molar-refractivity contribution is 14.1. The van der Waals surface area contributed by atoms with Gasteiger partial charge in [-0.15, -0.1) is 11.6 Å². The highest BCUT2D eigenvalue weighted by Gasteiger charge is 2.02. The summed E-state index contributed by atoms with van der Waals surface area (Å²) in [6.45, 7) is 2.19. The molecule has 0 spiro atoms. The second kappa shape index (κ2) is 7.50. The van der Waals surface area contributed by atoms with Gasteiger partial charge in [0.05, 0.1) is 0 Å². The normalized spacial score (nSPS) is 12.7. The molecule has 1 atom stereocenters. The molecule has 0 amide bonds. The monoisotopic (exact) mass is 336 g/mol. The molecule has 0 fully saturated rings. The Morgan fingerprint density at radius 1 is 1.20 bits per heavy atom. The molecule has 0 N–H and O–H groups in total. The molecule has 0 saturated carbocycles. The van der Waals surface area contributed by atoms with Crippen LogP contribution in [0.25, 0.3) is 0 Å². The van der Waals surface area contributed by atoms with Gasteiger partial charge in [-0.3, -0.25) is 0 Å². The quantitative estimate of drug-likeness (QED) is 0.505. The summed E-state index contributed by atoms with van der Waals surface area (Å²) in [6.07, 6.45) is 5.84. The molecule has 0 heterocycles. The summed E-state index contributed by atoms with van der Waals surface area (Å²) in [7, 11) is 0. The van der Waals surface area contributed by atoms with Gasteiger partial charge in [0.1, 0.15) is 0 Å². The molecular weight excluding hydrogens is 318 g/mol. The van der Waals surface area contributed by atoms with E-state index in [9.17, 15) is 0 Å². The lowest BCUT2D eigenvalue weighted by Crippen LogP contribution is -1.98. The summed E-state index contributed by atoms with van der Waals surface area (Å²) in [5, 5.41) is 0.374. The van der Waals surface area contributed by atoms with Crippen LogP contribution in [0.1, 0.15) is 38.2 Å². The molecule has 0 aliphatic rings. The number of hydrogen-bond acceptors (Lipinski definition) is 0. The van der Waals surface area contributed by atoms with E-state index in [2.05, 4.69) is 53.8 Å². The standard InChI is InChI=1S/C13H18ClI/c1-2-4-12(14)6-3-5-11-7-9-13(15)10-8-11/h7-10,12H,2-6H2,1H3. The van der Waals surface area contributed by atoms with Crippen molar-refractivity contribution >= 4 is 34.2 Å². The van der Waals surface area contributed by atoms with Gasteiger partial charge in [-0.2, -0.15) is 0 Å². The average molecular weight is 337 g/mol. The van der Waals surface area contributed by atoms with Crippen molar-refractivity contribution < 1.29 is 0 Å². The minimum Gasteiger partial charge on any atom is -0.123 e. The largest absolute Gasteiger partial charge is 0.123 e. The van der Waals surface area contributed by atoms with Crippen LogP contribution in [0.3, 0.4) is 0 Å². The third-order valence-corrected chi connectivity index (χ3v) is 3.65. The molecule has 0 aliphatic heterocycles. The van der Waals surface area contributed by atoms with Gasteiger partial charge in [-0.25, -0.2) is 0 Å². The van der Waals surface area contributed by atoms with Crippen LogP contribution < -0.4 is 0 Å². The van der Waals surface area contributed by atoms with Crippen molar-refractivity contribution in [2.24, 2.45) is 0 Å². The van der Waals surface area contributed by atoms with E-state index in [1.165, 1.54) is 22.0 Å². The van der Waals surface area contributed by atoms with Crippen molar-refractivity contribution in [3.05, 3.63) is 33.4 Å². The molecule has 15 heavy (non-hydrogen) atoms. The Bertz CT molecular complexity index is 268. The van der Waals surface area contributed by atoms with Gasteiger partial charge >= 0.3 is 0 Å². The lowest BCUT2D eigenvalue weighted by atomic mass is 10.1. The van der Waals surface area contributed by atoms with Gasteiger partial charge in [-0.05, 0) is 66.0 Å². The summed E-state index contributed by atoms with van der Waals surface area (Å²) in [5.41, 5.74) is 1.43. The summed E-state index contributed by atoms with van der Waals surface area (Å²) in [6, 6.07) is 8.76. The third-order valence-electron chi connectivity index (χ3n) is 2.50. The van der Waals surface area contributed by atoms with E-state index < -0.39 is 0 Å². The average Bonchev–Trinajstić information content (AvgIpc) is 2.21. The van der Waals surface area contributed by atoms with Gasteiger partial charge in [0, 0.05) is 8.95 Å². The van der Waals surface area contributed by atoms with Crippen molar-refractivity contribution in [2.45, 2.75) is 44.4 Å². The van der Waals surface area contributed by atoms with E-state index in [0.717, 1.165) is 19.3 Å². The summed E-state index contributed by atoms with van der Waals surface area (Å²) >= 11 is 8.51. The zero-order valence-corrected chi connectivity index (χ0v) is 12.1. The number of benzene rings is 1. The summed E-state index contributed by atoms with van der Waals surface area (Å²) in [5.74, 6) is 0. The lowest BCUT2D eigenvalue weighted by Gasteiger charge is -2.07. The van der Waals surface area contributed by atoms with Gasteiger partial charge in [0.25, 0.3) is 0 Å². The molecule has 0 nitrogen and oxygen atoms in total. The Hall–Kier alpha value is 0.240. The molecule has 0 saturated heterocycles. The Balaban J connectivity index is 2.22. The lowest BCUT2D eigenvalue weighted by molar-refractivity contribution is 0.640. The number of aryl methyl sites for hydroxylation is 1. The second-order valence-corrected chi connectivity index (χ2v) is 5.77. The SMILES string of the molecule is CCCC(Cl)CCCc1ccc(I)cc1. The minimum atomic E-state index is 0.374. The van der Waals surface area contributed by atoms with E-state index in [4.69, 9.17) is 11.6 Å². The van der Waals surface area contributed by atoms with Crippen LogP contribution >= 0.6 is 34.2 Å². The third kappa shape index (κ3) is 5.76. The molecule has 0 aliphatic carbocycles. The Labute approximate surface area is 112 Å². The first-order chi connectivity index (χ1) is 7.22. The summed E-state index contributed by atoms with van der Waals surface area (Å²) in [4.78, 5) is 0. The first kappa shape index (κ1) is 13.3.